The highest BCUT2D eigenvalue weighted by Crippen LogP contribution is 2.16. The molecular formula is C14H18N4O3. The number of ether oxygens (including phenoxy) is 1. The molecule has 0 radical (unpaired) electrons. The van der Waals surface area contributed by atoms with Crippen LogP contribution in [-0.4, -0.2) is 39.2 Å². The van der Waals surface area contributed by atoms with Gasteiger partial charge in [0.1, 0.15) is 12.4 Å². The van der Waals surface area contributed by atoms with Crippen LogP contribution >= 0.6 is 0 Å². The minimum atomic E-state index is -1.09. The molecule has 112 valence electrons. The molecule has 21 heavy (non-hydrogen) atoms. The van der Waals surface area contributed by atoms with E-state index >= 15 is 0 Å². The summed E-state index contributed by atoms with van der Waals surface area (Å²) in [5.74, 6) is -0.291. The molecule has 2 aromatic rings. The number of aromatic nitrogens is 3. The van der Waals surface area contributed by atoms with E-state index in [2.05, 4.69) is 10.3 Å². The van der Waals surface area contributed by atoms with Crippen LogP contribution in [-0.2, 0) is 13.0 Å². The highest BCUT2D eigenvalue weighted by molar-refractivity contribution is 5.86. The monoisotopic (exact) mass is 290 g/mol. The average Bonchev–Trinajstić information content (AvgIpc) is 2.85. The van der Waals surface area contributed by atoms with Crippen LogP contribution in [0.5, 0.6) is 5.75 Å². The van der Waals surface area contributed by atoms with Gasteiger partial charge in [-0.05, 0) is 25.1 Å². The second-order valence-corrected chi connectivity index (χ2v) is 4.57. The molecule has 0 aliphatic carbocycles. The SMILES string of the molecule is Cc1ccccc1OCCn1nnc(C(=O)O)c1CCN. The predicted molar refractivity (Wildman–Crippen MR) is 76.4 cm³/mol. The number of carbonyl (C=O) groups is 1. The molecule has 1 aromatic carbocycles. The lowest BCUT2D eigenvalue weighted by atomic mass is 10.2. The van der Waals surface area contributed by atoms with Gasteiger partial charge in [0, 0.05) is 6.42 Å². The number of nitrogens with zero attached hydrogens (tertiary/aromatic N) is 3. The van der Waals surface area contributed by atoms with E-state index < -0.39 is 5.97 Å². The molecule has 1 aromatic heterocycles. The summed E-state index contributed by atoms with van der Waals surface area (Å²) >= 11 is 0. The van der Waals surface area contributed by atoms with E-state index in [1.54, 1.807) is 0 Å². The van der Waals surface area contributed by atoms with E-state index in [9.17, 15) is 4.79 Å². The average molecular weight is 290 g/mol. The highest BCUT2D eigenvalue weighted by Gasteiger charge is 2.18. The first kappa shape index (κ1) is 15.0. The molecule has 0 atom stereocenters. The lowest BCUT2D eigenvalue weighted by Gasteiger charge is -2.10. The zero-order chi connectivity index (χ0) is 15.2. The van der Waals surface area contributed by atoms with Crippen molar-refractivity contribution in [2.45, 2.75) is 19.9 Å². The summed E-state index contributed by atoms with van der Waals surface area (Å²) in [5, 5.41) is 16.6. The molecule has 7 heteroatoms. The highest BCUT2D eigenvalue weighted by atomic mass is 16.5. The second kappa shape index (κ2) is 6.85. The van der Waals surface area contributed by atoms with E-state index in [-0.39, 0.29) is 5.69 Å². The summed E-state index contributed by atoms with van der Waals surface area (Å²) in [6.07, 6.45) is 0.416. The molecule has 0 amide bonds. The number of carboxylic acids is 1. The van der Waals surface area contributed by atoms with Gasteiger partial charge in [0.15, 0.2) is 5.69 Å². The molecule has 2 rings (SSSR count). The van der Waals surface area contributed by atoms with Gasteiger partial charge < -0.3 is 15.6 Å². The van der Waals surface area contributed by atoms with Gasteiger partial charge in [-0.15, -0.1) is 5.10 Å². The van der Waals surface area contributed by atoms with Gasteiger partial charge in [0.25, 0.3) is 0 Å². The smallest absolute Gasteiger partial charge is 0.358 e. The van der Waals surface area contributed by atoms with Crippen LogP contribution in [0, 0.1) is 6.92 Å². The van der Waals surface area contributed by atoms with Crippen LogP contribution in [0.4, 0.5) is 0 Å². The van der Waals surface area contributed by atoms with Gasteiger partial charge in [-0.1, -0.05) is 23.4 Å². The van der Waals surface area contributed by atoms with Crippen molar-refractivity contribution in [3.05, 3.63) is 41.2 Å². The Kier molecular flexibility index (Phi) is 4.89. The summed E-state index contributed by atoms with van der Waals surface area (Å²) in [4.78, 5) is 11.1. The summed E-state index contributed by atoms with van der Waals surface area (Å²) in [7, 11) is 0. The molecule has 0 unspecified atom stereocenters. The van der Waals surface area contributed by atoms with Crippen LogP contribution in [0.15, 0.2) is 24.3 Å². The molecule has 0 spiro atoms. The third-order valence-corrected chi connectivity index (χ3v) is 3.08. The Morgan fingerprint density at radius 2 is 2.19 bits per heavy atom. The number of aryl methyl sites for hydroxylation is 1. The zero-order valence-electron chi connectivity index (χ0n) is 11.8. The summed E-state index contributed by atoms with van der Waals surface area (Å²) in [6, 6.07) is 7.70. The zero-order valence-corrected chi connectivity index (χ0v) is 11.8. The maximum atomic E-state index is 11.1. The van der Waals surface area contributed by atoms with E-state index in [0.29, 0.717) is 31.8 Å². The molecule has 0 bridgehead atoms. The Hall–Kier alpha value is -2.41. The number of para-hydroxylation sites is 1. The molecule has 1 heterocycles. The largest absolute Gasteiger partial charge is 0.491 e. The molecule has 7 nitrogen and oxygen atoms in total. The molecule has 0 aliphatic rings. The molecular weight excluding hydrogens is 272 g/mol. The molecule has 0 saturated carbocycles. The van der Waals surface area contributed by atoms with E-state index in [1.165, 1.54) is 4.68 Å². The fourth-order valence-corrected chi connectivity index (χ4v) is 2.02. The lowest BCUT2D eigenvalue weighted by Crippen LogP contribution is -2.16. The predicted octanol–water partition coefficient (Wildman–Crippen LogP) is 0.865. The number of rotatable bonds is 7. The molecule has 0 fully saturated rings. The summed E-state index contributed by atoms with van der Waals surface area (Å²) in [6.45, 7) is 3.11. The van der Waals surface area contributed by atoms with Crippen molar-refractivity contribution in [1.82, 2.24) is 15.0 Å². The number of aromatic carboxylic acids is 1. The van der Waals surface area contributed by atoms with Gasteiger partial charge in [0.05, 0.1) is 12.2 Å². The van der Waals surface area contributed by atoms with Crippen LogP contribution in [0.1, 0.15) is 21.7 Å². The van der Waals surface area contributed by atoms with Crippen LogP contribution in [0.2, 0.25) is 0 Å². The third-order valence-electron chi connectivity index (χ3n) is 3.08. The van der Waals surface area contributed by atoms with Crippen LogP contribution in [0.25, 0.3) is 0 Å². The first-order chi connectivity index (χ1) is 10.1. The number of benzene rings is 1. The Morgan fingerprint density at radius 3 is 2.86 bits per heavy atom. The standard InChI is InChI=1S/C14H18N4O3/c1-10-4-2-3-5-12(10)21-9-8-18-11(6-7-15)13(14(19)20)16-17-18/h2-5H,6-9,15H2,1H3,(H,19,20). The van der Waals surface area contributed by atoms with E-state index in [4.69, 9.17) is 15.6 Å². The van der Waals surface area contributed by atoms with Gasteiger partial charge >= 0.3 is 5.97 Å². The maximum absolute atomic E-state index is 11.1. The third kappa shape index (κ3) is 3.57. The van der Waals surface area contributed by atoms with Gasteiger partial charge in [-0.25, -0.2) is 9.48 Å². The molecule has 3 N–H and O–H groups in total. The normalized spacial score (nSPS) is 10.6. The molecule has 0 saturated heterocycles. The van der Waals surface area contributed by atoms with Gasteiger partial charge in [-0.2, -0.15) is 0 Å². The van der Waals surface area contributed by atoms with Crippen LogP contribution < -0.4 is 10.5 Å². The topological polar surface area (TPSA) is 103 Å². The Morgan fingerprint density at radius 1 is 1.43 bits per heavy atom. The van der Waals surface area contributed by atoms with Crippen molar-refractivity contribution < 1.29 is 14.6 Å². The van der Waals surface area contributed by atoms with Crippen molar-refractivity contribution in [3.8, 4) is 5.75 Å². The van der Waals surface area contributed by atoms with Crippen molar-refractivity contribution in [1.29, 1.82) is 0 Å². The Balaban J connectivity index is 2.03. The fourth-order valence-electron chi connectivity index (χ4n) is 2.02. The first-order valence-corrected chi connectivity index (χ1v) is 6.67. The minimum Gasteiger partial charge on any atom is -0.491 e. The van der Waals surface area contributed by atoms with Crippen molar-refractivity contribution in [2.75, 3.05) is 13.2 Å². The fraction of sp³-hybridized carbons (Fsp3) is 0.357. The van der Waals surface area contributed by atoms with Crippen molar-refractivity contribution >= 4 is 5.97 Å². The lowest BCUT2D eigenvalue weighted by molar-refractivity contribution is 0.0689. The number of nitrogens with two attached hydrogens (primary N) is 1. The summed E-state index contributed by atoms with van der Waals surface area (Å²) < 4.78 is 7.21. The number of carboxylic acid groups (broad SMARTS) is 1. The minimum absolute atomic E-state index is 0.0451. The maximum Gasteiger partial charge on any atom is 0.358 e. The number of hydrogen-bond donors (Lipinski definition) is 2. The van der Waals surface area contributed by atoms with E-state index in [0.717, 1.165) is 11.3 Å². The van der Waals surface area contributed by atoms with Crippen molar-refractivity contribution in [2.24, 2.45) is 5.73 Å². The van der Waals surface area contributed by atoms with Crippen LogP contribution in [0.3, 0.4) is 0 Å². The van der Waals surface area contributed by atoms with Gasteiger partial charge in [0.2, 0.25) is 0 Å². The molecule has 0 aliphatic heterocycles. The Labute approximate surface area is 122 Å². The number of hydrogen-bond acceptors (Lipinski definition) is 5. The van der Waals surface area contributed by atoms with E-state index in [1.807, 2.05) is 31.2 Å². The first-order valence-electron chi connectivity index (χ1n) is 6.67. The quantitative estimate of drug-likeness (QED) is 0.784. The van der Waals surface area contributed by atoms with Crippen molar-refractivity contribution in [3.63, 3.8) is 0 Å². The Bertz CT molecular complexity index is 624. The van der Waals surface area contributed by atoms with Gasteiger partial charge in [-0.3, -0.25) is 0 Å². The summed E-state index contributed by atoms with van der Waals surface area (Å²) in [5.41, 5.74) is 7.03. The second-order valence-electron chi connectivity index (χ2n) is 4.57.